The lowest BCUT2D eigenvalue weighted by molar-refractivity contribution is 0.429. The second-order valence-corrected chi connectivity index (χ2v) is 3.29. The maximum Gasteiger partial charge on any atom is 0.276 e. The zero-order valence-electron chi connectivity index (χ0n) is 7.17. The Morgan fingerprint density at radius 2 is 2.46 bits per heavy atom. The zero-order chi connectivity index (χ0) is 9.52. The molecule has 13 heavy (non-hydrogen) atoms. The summed E-state index contributed by atoms with van der Waals surface area (Å²) in [5, 5.41) is 11.5. The fourth-order valence-corrected chi connectivity index (χ4v) is 1.40. The summed E-state index contributed by atoms with van der Waals surface area (Å²) in [5.74, 6) is 1.39. The van der Waals surface area contributed by atoms with Crippen LogP contribution in [0.5, 0.6) is 0 Å². The van der Waals surface area contributed by atoms with Crippen molar-refractivity contribution in [1.29, 1.82) is 0 Å². The van der Waals surface area contributed by atoms with Gasteiger partial charge >= 0.3 is 0 Å². The maximum absolute atomic E-state index is 8.00. The third-order valence-electron chi connectivity index (χ3n) is 1.20. The van der Waals surface area contributed by atoms with Crippen molar-refractivity contribution in [3.63, 3.8) is 0 Å². The van der Waals surface area contributed by atoms with Crippen LogP contribution in [0.25, 0.3) is 10.4 Å². The molecule has 0 aliphatic heterocycles. The van der Waals surface area contributed by atoms with E-state index in [9.17, 15) is 0 Å². The highest BCUT2D eigenvalue weighted by Crippen LogP contribution is 2.16. The standard InChI is InChI=1S/C6H9N5OS/c1-5-9-10-6(12-5)13-4-2-3-8-11-7/h2-4H2,1H3. The molecule has 0 atom stereocenters. The van der Waals surface area contributed by atoms with Crippen LogP contribution in [0.15, 0.2) is 14.8 Å². The van der Waals surface area contributed by atoms with E-state index in [2.05, 4.69) is 20.2 Å². The zero-order valence-corrected chi connectivity index (χ0v) is 7.99. The molecule has 0 aliphatic carbocycles. The third-order valence-corrected chi connectivity index (χ3v) is 2.10. The van der Waals surface area contributed by atoms with E-state index < -0.39 is 0 Å². The smallest absolute Gasteiger partial charge is 0.276 e. The van der Waals surface area contributed by atoms with Gasteiger partial charge in [-0.25, -0.2) is 0 Å². The molecule has 1 aromatic rings. The second-order valence-electron chi connectivity index (χ2n) is 2.24. The van der Waals surface area contributed by atoms with E-state index >= 15 is 0 Å². The number of aryl methyl sites for hydroxylation is 1. The van der Waals surface area contributed by atoms with E-state index in [4.69, 9.17) is 9.95 Å². The summed E-state index contributed by atoms with van der Waals surface area (Å²) in [6.45, 7) is 2.26. The molecule has 70 valence electrons. The monoisotopic (exact) mass is 199 g/mol. The molecule has 1 aromatic heterocycles. The van der Waals surface area contributed by atoms with Crippen molar-refractivity contribution >= 4 is 11.8 Å². The average Bonchev–Trinajstić information content (AvgIpc) is 2.51. The van der Waals surface area contributed by atoms with Crippen molar-refractivity contribution in [2.45, 2.75) is 18.6 Å². The van der Waals surface area contributed by atoms with E-state index in [0.717, 1.165) is 12.2 Å². The van der Waals surface area contributed by atoms with Gasteiger partial charge in [0.15, 0.2) is 0 Å². The molecule has 0 amide bonds. The highest BCUT2D eigenvalue weighted by molar-refractivity contribution is 7.99. The second kappa shape index (κ2) is 5.45. The van der Waals surface area contributed by atoms with Crippen LogP contribution in [0.1, 0.15) is 12.3 Å². The molecule has 7 heteroatoms. The van der Waals surface area contributed by atoms with Crippen LogP contribution in [-0.4, -0.2) is 22.5 Å². The number of azide groups is 1. The van der Waals surface area contributed by atoms with Crippen LogP contribution < -0.4 is 0 Å². The van der Waals surface area contributed by atoms with Crippen molar-refractivity contribution < 1.29 is 4.42 Å². The summed E-state index contributed by atoms with van der Waals surface area (Å²) in [5.41, 5.74) is 8.00. The minimum atomic E-state index is 0.511. The molecule has 0 saturated heterocycles. The molecule has 6 nitrogen and oxygen atoms in total. The average molecular weight is 199 g/mol. The topological polar surface area (TPSA) is 87.7 Å². The lowest BCUT2D eigenvalue weighted by Gasteiger charge is -1.91. The quantitative estimate of drug-likeness (QED) is 0.239. The number of hydrogen-bond acceptors (Lipinski definition) is 5. The first kappa shape index (κ1) is 9.88. The summed E-state index contributed by atoms with van der Waals surface area (Å²) in [6.07, 6.45) is 0.816. The highest BCUT2D eigenvalue weighted by atomic mass is 32.2. The number of rotatable bonds is 5. The number of nitrogens with zero attached hydrogens (tertiary/aromatic N) is 5. The number of aromatic nitrogens is 2. The molecule has 0 aromatic carbocycles. The maximum atomic E-state index is 8.00. The Kier molecular flexibility index (Phi) is 4.14. The number of thioether (sulfide) groups is 1. The van der Waals surface area contributed by atoms with E-state index in [1.54, 1.807) is 6.92 Å². The Morgan fingerprint density at radius 3 is 3.08 bits per heavy atom. The van der Waals surface area contributed by atoms with Gasteiger partial charge in [0.05, 0.1) is 0 Å². The minimum Gasteiger partial charge on any atom is -0.416 e. The molecular weight excluding hydrogens is 190 g/mol. The fraction of sp³-hybridized carbons (Fsp3) is 0.667. The summed E-state index contributed by atoms with van der Waals surface area (Å²) in [4.78, 5) is 2.65. The molecule has 0 N–H and O–H groups in total. The summed E-state index contributed by atoms with van der Waals surface area (Å²) >= 11 is 1.47. The van der Waals surface area contributed by atoms with Crippen LogP contribution in [0.3, 0.4) is 0 Å². The molecular formula is C6H9N5OS. The van der Waals surface area contributed by atoms with Crippen LogP contribution >= 0.6 is 11.8 Å². The molecule has 1 rings (SSSR count). The van der Waals surface area contributed by atoms with E-state index in [1.165, 1.54) is 11.8 Å². The Bertz CT molecular complexity index is 306. The van der Waals surface area contributed by atoms with Crippen LogP contribution in [-0.2, 0) is 0 Å². The largest absolute Gasteiger partial charge is 0.416 e. The van der Waals surface area contributed by atoms with Crippen molar-refractivity contribution in [2.24, 2.45) is 5.11 Å². The van der Waals surface area contributed by atoms with Crippen molar-refractivity contribution in [2.75, 3.05) is 12.3 Å². The molecule has 0 unspecified atom stereocenters. The molecule has 1 heterocycles. The van der Waals surface area contributed by atoms with Crippen LogP contribution in [0.2, 0.25) is 0 Å². The molecule has 0 radical (unpaired) electrons. The highest BCUT2D eigenvalue weighted by Gasteiger charge is 2.01. The summed E-state index contributed by atoms with van der Waals surface area (Å²) in [6, 6.07) is 0. The van der Waals surface area contributed by atoms with Gasteiger partial charge < -0.3 is 4.42 Å². The summed E-state index contributed by atoms with van der Waals surface area (Å²) in [7, 11) is 0. The normalized spacial score (nSPS) is 9.62. The van der Waals surface area contributed by atoms with E-state index in [-0.39, 0.29) is 0 Å². The van der Waals surface area contributed by atoms with Gasteiger partial charge in [0.2, 0.25) is 5.89 Å². The van der Waals surface area contributed by atoms with Gasteiger partial charge in [0.25, 0.3) is 5.22 Å². The Balaban J connectivity index is 2.16. The molecule has 0 saturated carbocycles. The van der Waals surface area contributed by atoms with Gasteiger partial charge in [-0.2, -0.15) is 0 Å². The van der Waals surface area contributed by atoms with Gasteiger partial charge in [-0.15, -0.1) is 10.2 Å². The van der Waals surface area contributed by atoms with Gasteiger partial charge in [-0.05, 0) is 12.0 Å². The van der Waals surface area contributed by atoms with Gasteiger partial charge in [0, 0.05) is 24.1 Å². The van der Waals surface area contributed by atoms with E-state index in [0.29, 0.717) is 17.7 Å². The Morgan fingerprint density at radius 1 is 1.62 bits per heavy atom. The summed E-state index contributed by atoms with van der Waals surface area (Å²) < 4.78 is 5.13. The van der Waals surface area contributed by atoms with E-state index in [1.807, 2.05) is 0 Å². The fourth-order valence-electron chi connectivity index (χ4n) is 0.676. The van der Waals surface area contributed by atoms with Crippen molar-refractivity contribution in [1.82, 2.24) is 10.2 Å². The first-order valence-electron chi connectivity index (χ1n) is 3.76. The van der Waals surface area contributed by atoms with Gasteiger partial charge in [-0.1, -0.05) is 16.9 Å². The minimum absolute atomic E-state index is 0.511. The predicted octanol–water partition coefficient (Wildman–Crippen LogP) is 2.17. The van der Waals surface area contributed by atoms with Crippen molar-refractivity contribution in [3.8, 4) is 0 Å². The SMILES string of the molecule is Cc1nnc(SCCCN=[N+]=[N-])o1. The van der Waals surface area contributed by atoms with Gasteiger partial charge in [0.1, 0.15) is 0 Å². The third kappa shape index (κ3) is 3.82. The Labute approximate surface area is 79.4 Å². The predicted molar refractivity (Wildman–Crippen MR) is 48.4 cm³/mol. The first-order valence-corrected chi connectivity index (χ1v) is 4.75. The first-order chi connectivity index (χ1) is 6.33. The molecule has 0 spiro atoms. The molecule has 0 aliphatic rings. The Hall–Kier alpha value is -1.20. The lowest BCUT2D eigenvalue weighted by atomic mass is 10.5. The van der Waals surface area contributed by atoms with Gasteiger partial charge in [-0.3, -0.25) is 0 Å². The van der Waals surface area contributed by atoms with Crippen LogP contribution in [0.4, 0.5) is 0 Å². The molecule has 0 fully saturated rings. The van der Waals surface area contributed by atoms with Crippen molar-refractivity contribution in [3.05, 3.63) is 16.3 Å². The number of hydrogen-bond donors (Lipinski definition) is 0. The lowest BCUT2D eigenvalue weighted by Crippen LogP contribution is -1.83. The van der Waals surface area contributed by atoms with Crippen LogP contribution in [0, 0.1) is 6.92 Å². The molecule has 0 bridgehead atoms.